The van der Waals surface area contributed by atoms with Crippen LogP contribution in [0.3, 0.4) is 0 Å². The summed E-state index contributed by atoms with van der Waals surface area (Å²) >= 11 is 0. The highest BCUT2D eigenvalue weighted by Gasteiger charge is 2.64. The van der Waals surface area contributed by atoms with Gasteiger partial charge in [-0.2, -0.15) is 0 Å². The molecule has 14 heteroatoms. The molecule has 0 bridgehead atoms. The summed E-state index contributed by atoms with van der Waals surface area (Å²) in [5.74, 6) is -5.36. The molecule has 2 aromatic carbocycles. The number of likely N-dealkylation sites (tertiary alicyclic amines) is 2. The zero-order valence-corrected chi connectivity index (χ0v) is 31.2. The number of carbonyl (C=O) groups excluding carboxylic acids is 5. The van der Waals surface area contributed by atoms with Crippen molar-refractivity contribution >= 4 is 29.7 Å². The Hall–Kier alpha value is -4.59. The summed E-state index contributed by atoms with van der Waals surface area (Å²) in [6.45, 7) is 4.79. The number of unbranched alkanes of at least 4 members (excludes halogenated alkanes) is 1. The van der Waals surface area contributed by atoms with Crippen LogP contribution in [0.5, 0.6) is 0 Å². The molecule has 1 spiro atoms. The molecule has 2 aliphatic heterocycles. The predicted octanol–water partition coefficient (Wildman–Crippen LogP) is 3.00. The first-order valence-electron chi connectivity index (χ1n) is 18.6. The number of rotatable bonds is 16. The van der Waals surface area contributed by atoms with Gasteiger partial charge in [0.05, 0.1) is 18.0 Å². The fraction of sp³-hybridized carbons (Fsp3) is 0.564. The molecule has 0 aliphatic carbocycles. The summed E-state index contributed by atoms with van der Waals surface area (Å²) in [6, 6.07) is 13.9. The first-order chi connectivity index (χ1) is 25.2. The molecule has 2 saturated heterocycles. The summed E-state index contributed by atoms with van der Waals surface area (Å²) < 4.78 is 30.7. The summed E-state index contributed by atoms with van der Waals surface area (Å²) in [5, 5.41) is 10.8. The van der Waals surface area contributed by atoms with Crippen molar-refractivity contribution in [2.75, 3.05) is 33.2 Å². The number of amides is 6. The Morgan fingerprint density at radius 2 is 1.32 bits per heavy atom. The first-order valence-corrected chi connectivity index (χ1v) is 18.6. The first kappa shape index (κ1) is 41.2. The topological polar surface area (TPSA) is 166 Å². The molecular formula is C39H55F2N7O5. The number of nitrogens with zero attached hydrogens (tertiary/aromatic N) is 2. The van der Waals surface area contributed by atoms with Crippen LogP contribution in [-0.4, -0.2) is 103 Å². The summed E-state index contributed by atoms with van der Waals surface area (Å²) in [6.07, 6.45) is 2.32. The lowest BCUT2D eigenvalue weighted by molar-refractivity contribution is -0.219. The van der Waals surface area contributed by atoms with Gasteiger partial charge in [-0.3, -0.25) is 19.2 Å². The second-order valence-electron chi connectivity index (χ2n) is 14.8. The van der Waals surface area contributed by atoms with E-state index in [1.165, 1.54) is 11.9 Å². The number of nitrogens with two attached hydrogens (primary N) is 1. The van der Waals surface area contributed by atoms with Crippen LogP contribution in [0.25, 0.3) is 0 Å². The fourth-order valence-electron chi connectivity index (χ4n) is 7.01. The number of piperidine rings is 1. The molecule has 6 amide bonds. The van der Waals surface area contributed by atoms with Gasteiger partial charge in [-0.25, -0.2) is 13.6 Å². The highest BCUT2D eigenvalue weighted by atomic mass is 19.3. The zero-order chi connectivity index (χ0) is 38.8. The molecule has 0 saturated carbocycles. The Bertz CT molecular complexity index is 1560. The third-order valence-electron chi connectivity index (χ3n) is 10.2. The van der Waals surface area contributed by atoms with Gasteiger partial charge in [0.1, 0.15) is 18.1 Å². The molecule has 0 unspecified atom stereocenters. The highest BCUT2D eigenvalue weighted by molar-refractivity contribution is 5.95. The Kier molecular flexibility index (Phi) is 14.3. The van der Waals surface area contributed by atoms with Gasteiger partial charge in [0.15, 0.2) is 0 Å². The Balaban J connectivity index is 1.45. The molecule has 290 valence electrons. The highest BCUT2D eigenvalue weighted by Crippen LogP contribution is 2.50. The monoisotopic (exact) mass is 739 g/mol. The van der Waals surface area contributed by atoms with Crippen molar-refractivity contribution < 1.29 is 32.8 Å². The van der Waals surface area contributed by atoms with Gasteiger partial charge < -0.3 is 36.8 Å². The molecule has 53 heavy (non-hydrogen) atoms. The van der Waals surface area contributed by atoms with Crippen molar-refractivity contribution in [2.45, 2.75) is 95.8 Å². The number of urea groups is 1. The van der Waals surface area contributed by atoms with Gasteiger partial charge in [-0.15, -0.1) is 0 Å². The number of alkyl halides is 2. The van der Waals surface area contributed by atoms with Crippen LogP contribution in [0.1, 0.15) is 64.0 Å². The molecule has 2 fully saturated rings. The molecule has 0 radical (unpaired) electrons. The van der Waals surface area contributed by atoms with Crippen LogP contribution in [0.2, 0.25) is 0 Å². The largest absolute Gasteiger partial charge is 0.343 e. The molecule has 6 N–H and O–H groups in total. The molecule has 2 aromatic rings. The molecule has 2 heterocycles. The summed E-state index contributed by atoms with van der Waals surface area (Å²) in [5.41, 5.74) is 6.47. The number of carbonyl (C=O) groups is 5. The maximum Gasteiger partial charge on any atom is 0.317 e. The van der Waals surface area contributed by atoms with E-state index in [4.69, 9.17) is 5.73 Å². The van der Waals surface area contributed by atoms with E-state index in [1.807, 2.05) is 81.4 Å². The molecule has 4 atom stereocenters. The van der Waals surface area contributed by atoms with E-state index >= 15 is 8.78 Å². The van der Waals surface area contributed by atoms with Gasteiger partial charge in [0.25, 0.3) is 5.92 Å². The van der Waals surface area contributed by atoms with Crippen LogP contribution in [0.15, 0.2) is 60.7 Å². The normalized spacial score (nSPS) is 18.3. The van der Waals surface area contributed by atoms with E-state index in [0.29, 0.717) is 12.8 Å². The Morgan fingerprint density at radius 1 is 0.774 bits per heavy atom. The second-order valence-corrected chi connectivity index (χ2v) is 14.8. The van der Waals surface area contributed by atoms with Crippen molar-refractivity contribution in [1.82, 2.24) is 31.1 Å². The number of halogens is 2. The number of nitrogens with one attached hydrogen (secondary N) is 4. The van der Waals surface area contributed by atoms with E-state index in [9.17, 15) is 24.0 Å². The predicted molar refractivity (Wildman–Crippen MR) is 198 cm³/mol. The van der Waals surface area contributed by atoms with Crippen molar-refractivity contribution in [1.29, 1.82) is 0 Å². The van der Waals surface area contributed by atoms with Crippen molar-refractivity contribution in [3.63, 3.8) is 0 Å². The van der Waals surface area contributed by atoms with Crippen LogP contribution < -0.4 is 27.0 Å². The van der Waals surface area contributed by atoms with Crippen molar-refractivity contribution in [3.05, 3.63) is 71.8 Å². The van der Waals surface area contributed by atoms with E-state index in [0.717, 1.165) is 22.4 Å². The summed E-state index contributed by atoms with van der Waals surface area (Å²) in [7, 11) is 1.39. The SMILES string of the molecule is CCCC[C@@H](NC(=O)[C@@H](CC(C)C)NC(=O)[C@@H](Cc1ccccc1)NC(=O)[C@H](N)Cc1ccccc1)C(=O)N1CC2(CCN(C(=O)NC)CC2(F)F)C1. The van der Waals surface area contributed by atoms with Gasteiger partial charge in [-0.1, -0.05) is 94.3 Å². The van der Waals surface area contributed by atoms with Gasteiger partial charge in [-0.05, 0) is 42.7 Å². The van der Waals surface area contributed by atoms with E-state index in [2.05, 4.69) is 21.3 Å². The molecule has 12 nitrogen and oxygen atoms in total. The maximum absolute atomic E-state index is 15.4. The van der Waals surface area contributed by atoms with Crippen LogP contribution in [0.4, 0.5) is 13.6 Å². The van der Waals surface area contributed by atoms with E-state index in [1.54, 1.807) is 0 Å². The third kappa shape index (κ3) is 10.7. The minimum Gasteiger partial charge on any atom is -0.343 e. The number of hydrogen-bond acceptors (Lipinski definition) is 6. The third-order valence-corrected chi connectivity index (χ3v) is 10.2. The quantitative estimate of drug-likeness (QED) is 0.178. The van der Waals surface area contributed by atoms with E-state index in [-0.39, 0.29) is 51.2 Å². The van der Waals surface area contributed by atoms with Crippen molar-refractivity contribution in [3.8, 4) is 0 Å². The second kappa shape index (κ2) is 18.4. The number of hydrogen-bond donors (Lipinski definition) is 5. The average molecular weight is 740 g/mol. The minimum absolute atomic E-state index is 0.0320. The van der Waals surface area contributed by atoms with Crippen LogP contribution >= 0.6 is 0 Å². The van der Waals surface area contributed by atoms with Crippen LogP contribution in [-0.2, 0) is 32.0 Å². The lowest BCUT2D eigenvalue weighted by atomic mass is 9.69. The lowest BCUT2D eigenvalue weighted by Crippen LogP contribution is -2.73. The van der Waals surface area contributed by atoms with Crippen molar-refractivity contribution in [2.24, 2.45) is 17.1 Å². The zero-order valence-electron chi connectivity index (χ0n) is 31.2. The van der Waals surface area contributed by atoms with E-state index < -0.39 is 71.7 Å². The maximum atomic E-state index is 15.4. The molecule has 0 aromatic heterocycles. The number of benzene rings is 2. The van der Waals surface area contributed by atoms with Gasteiger partial charge in [0.2, 0.25) is 23.6 Å². The smallest absolute Gasteiger partial charge is 0.317 e. The fourth-order valence-corrected chi connectivity index (χ4v) is 7.01. The van der Waals surface area contributed by atoms with Gasteiger partial charge in [0, 0.05) is 33.1 Å². The van der Waals surface area contributed by atoms with Crippen LogP contribution in [0, 0.1) is 11.3 Å². The lowest BCUT2D eigenvalue weighted by Gasteiger charge is -2.57. The Labute approximate surface area is 311 Å². The molecule has 2 aliphatic rings. The summed E-state index contributed by atoms with van der Waals surface area (Å²) in [4.78, 5) is 69.3. The molecule has 4 rings (SSSR count). The standard InChI is InChI=1S/C39H55F2N7O5/c1-5-6-17-30(36(52)48-23-38(24-48)18-19-47(37(53)43-4)25-39(38,40)41)44-34(50)31(20-26(2)3)46-35(51)32(22-28-15-11-8-12-16-28)45-33(49)29(42)21-27-13-9-7-10-14-27/h7-16,26,29-32H,5-6,17-25,42H2,1-4H3,(H,43,53)(H,44,50)(H,45,49)(H,46,51)/t29-,30-,31-,32-/m1/s1. The Morgan fingerprint density at radius 3 is 1.87 bits per heavy atom. The molecular weight excluding hydrogens is 684 g/mol. The average Bonchev–Trinajstić information content (AvgIpc) is 3.11. The minimum atomic E-state index is -3.19. The van der Waals surface area contributed by atoms with Gasteiger partial charge >= 0.3 is 6.03 Å².